The smallest absolute Gasteiger partial charge is 0.0540 e. The average Bonchev–Trinajstić information content (AvgIpc) is 3.45. The van der Waals surface area contributed by atoms with Gasteiger partial charge in [0, 0.05) is 47.7 Å². The van der Waals surface area contributed by atoms with E-state index in [4.69, 9.17) is 0 Å². The Morgan fingerprint density at radius 2 is 1.12 bits per heavy atom. The number of hydrogen-bond donors (Lipinski definition) is 0. The van der Waals surface area contributed by atoms with Crippen LogP contribution in [0.5, 0.6) is 0 Å². The number of anilines is 3. The predicted octanol–water partition coefficient (Wildman–Crippen LogP) is 12.2. The summed E-state index contributed by atoms with van der Waals surface area (Å²) in [7, 11) is 0. The highest BCUT2D eigenvalue weighted by Gasteiger charge is 2.25. The van der Waals surface area contributed by atoms with Crippen LogP contribution < -0.4 is 4.90 Å². The second-order valence-electron chi connectivity index (χ2n) is 11.8. The van der Waals surface area contributed by atoms with Gasteiger partial charge in [-0.05, 0) is 58.3 Å². The molecule has 0 spiro atoms. The molecule has 7 aromatic carbocycles. The van der Waals surface area contributed by atoms with Crippen LogP contribution in [0.3, 0.4) is 0 Å². The monoisotopic (exact) mass is 569 g/mol. The van der Waals surface area contributed by atoms with E-state index in [1.165, 1.54) is 58.5 Å². The van der Waals surface area contributed by atoms with Crippen molar-refractivity contribution in [3.8, 4) is 0 Å². The van der Waals surface area contributed by atoms with Crippen molar-refractivity contribution >= 4 is 70.1 Å². The molecular formula is C41H31NS. The summed E-state index contributed by atoms with van der Waals surface area (Å²) in [5.74, 6) is 0. The van der Waals surface area contributed by atoms with Crippen LogP contribution in [0.15, 0.2) is 152 Å². The van der Waals surface area contributed by atoms with Gasteiger partial charge in [-0.1, -0.05) is 129 Å². The SMILES string of the molecule is CC(C)(c1ccccc1)c1cccc(N(c2ccccc2)c2cccc3c2ccc2ccc4c5ccccc5sc4c23)c1. The lowest BCUT2D eigenvalue weighted by Gasteiger charge is -2.30. The molecule has 1 aromatic heterocycles. The van der Waals surface area contributed by atoms with Crippen molar-refractivity contribution in [2.45, 2.75) is 19.3 Å². The van der Waals surface area contributed by atoms with Gasteiger partial charge in [-0.15, -0.1) is 11.3 Å². The number of hydrogen-bond acceptors (Lipinski definition) is 2. The molecule has 0 saturated carbocycles. The number of rotatable bonds is 5. The van der Waals surface area contributed by atoms with Crippen molar-refractivity contribution in [3.63, 3.8) is 0 Å². The van der Waals surface area contributed by atoms with Crippen LogP contribution >= 0.6 is 11.3 Å². The van der Waals surface area contributed by atoms with Gasteiger partial charge in [-0.2, -0.15) is 0 Å². The lowest BCUT2D eigenvalue weighted by molar-refractivity contribution is 0.641. The van der Waals surface area contributed by atoms with E-state index in [0.717, 1.165) is 11.4 Å². The molecule has 0 saturated heterocycles. The highest BCUT2D eigenvalue weighted by atomic mass is 32.1. The Hall–Kier alpha value is -4.92. The maximum absolute atomic E-state index is 2.42. The van der Waals surface area contributed by atoms with Crippen LogP contribution in [-0.4, -0.2) is 0 Å². The molecule has 0 amide bonds. The van der Waals surface area contributed by atoms with Crippen molar-refractivity contribution in [1.29, 1.82) is 0 Å². The molecule has 0 atom stereocenters. The fraction of sp³-hybridized carbons (Fsp3) is 0.0732. The maximum atomic E-state index is 2.42. The molecule has 2 heteroatoms. The molecule has 0 bridgehead atoms. The van der Waals surface area contributed by atoms with Gasteiger partial charge in [-0.25, -0.2) is 0 Å². The first-order chi connectivity index (χ1) is 21.1. The third-order valence-electron chi connectivity index (χ3n) is 8.94. The van der Waals surface area contributed by atoms with Gasteiger partial charge in [0.1, 0.15) is 0 Å². The zero-order chi connectivity index (χ0) is 29.0. The summed E-state index contributed by atoms with van der Waals surface area (Å²) in [6.45, 7) is 4.63. The Balaban J connectivity index is 1.38. The lowest BCUT2D eigenvalue weighted by atomic mass is 9.78. The Morgan fingerprint density at radius 3 is 1.93 bits per heavy atom. The van der Waals surface area contributed by atoms with Gasteiger partial charge >= 0.3 is 0 Å². The first kappa shape index (κ1) is 25.8. The quantitative estimate of drug-likeness (QED) is 0.186. The zero-order valence-corrected chi connectivity index (χ0v) is 25.1. The minimum absolute atomic E-state index is 0.138. The summed E-state index contributed by atoms with van der Waals surface area (Å²) in [4.78, 5) is 2.42. The maximum Gasteiger partial charge on any atom is 0.0540 e. The summed E-state index contributed by atoms with van der Waals surface area (Å²) in [6, 6.07) is 55.4. The van der Waals surface area contributed by atoms with Crippen LogP contribution in [0.2, 0.25) is 0 Å². The minimum atomic E-state index is -0.138. The van der Waals surface area contributed by atoms with Crippen LogP contribution in [-0.2, 0) is 5.41 Å². The molecule has 0 unspecified atom stereocenters. The van der Waals surface area contributed by atoms with Crippen LogP contribution in [0.4, 0.5) is 17.1 Å². The molecule has 0 aliphatic carbocycles. The van der Waals surface area contributed by atoms with Crippen molar-refractivity contribution in [1.82, 2.24) is 0 Å². The van der Waals surface area contributed by atoms with Crippen molar-refractivity contribution < 1.29 is 0 Å². The fourth-order valence-corrected chi connectivity index (χ4v) is 7.87. The van der Waals surface area contributed by atoms with Crippen LogP contribution in [0, 0.1) is 0 Å². The second-order valence-corrected chi connectivity index (χ2v) is 12.8. The summed E-state index contributed by atoms with van der Waals surface area (Å²) in [5.41, 5.74) is 5.93. The minimum Gasteiger partial charge on any atom is -0.310 e. The molecule has 1 heterocycles. The first-order valence-corrected chi connectivity index (χ1v) is 15.7. The predicted molar refractivity (Wildman–Crippen MR) is 188 cm³/mol. The largest absolute Gasteiger partial charge is 0.310 e. The summed E-state index contributed by atoms with van der Waals surface area (Å²) in [6.07, 6.45) is 0. The molecule has 1 nitrogen and oxygen atoms in total. The van der Waals surface area contributed by atoms with Gasteiger partial charge in [-0.3, -0.25) is 0 Å². The van der Waals surface area contributed by atoms with E-state index >= 15 is 0 Å². The van der Waals surface area contributed by atoms with Gasteiger partial charge < -0.3 is 4.90 Å². The Bertz CT molecular complexity index is 2260. The van der Waals surface area contributed by atoms with E-state index in [2.05, 4.69) is 170 Å². The number of thiophene rings is 1. The number of nitrogens with zero attached hydrogens (tertiary/aromatic N) is 1. The molecule has 0 radical (unpaired) electrons. The standard InChI is InChI=1S/C41H31NS/c1-41(2,29-13-5-3-6-14-29)30-15-11-18-32(27-30)42(31-16-7-4-8-17-31)37-21-12-20-35-33(37)25-23-28-24-26-36-34-19-9-10-22-38(34)43-40(36)39(28)35/h3-27H,1-2H3. The van der Waals surface area contributed by atoms with E-state index < -0.39 is 0 Å². The molecule has 0 fully saturated rings. The molecular weight excluding hydrogens is 539 g/mol. The third kappa shape index (κ3) is 4.21. The fourth-order valence-electron chi connectivity index (χ4n) is 6.59. The highest BCUT2D eigenvalue weighted by molar-refractivity contribution is 7.26. The average molecular weight is 570 g/mol. The van der Waals surface area contributed by atoms with E-state index in [-0.39, 0.29) is 5.41 Å². The Morgan fingerprint density at radius 1 is 0.488 bits per heavy atom. The molecule has 8 aromatic rings. The Kier molecular flexibility index (Phi) is 6.06. The van der Waals surface area contributed by atoms with Crippen molar-refractivity contribution in [2.75, 3.05) is 4.90 Å². The van der Waals surface area contributed by atoms with Gasteiger partial charge in [0.25, 0.3) is 0 Å². The van der Waals surface area contributed by atoms with E-state index in [1.807, 2.05) is 11.3 Å². The van der Waals surface area contributed by atoms with E-state index in [0.29, 0.717) is 0 Å². The topological polar surface area (TPSA) is 3.24 Å². The zero-order valence-electron chi connectivity index (χ0n) is 24.3. The molecule has 0 aliphatic heterocycles. The van der Waals surface area contributed by atoms with Crippen LogP contribution in [0.1, 0.15) is 25.0 Å². The summed E-state index contributed by atoms with van der Waals surface area (Å²) >= 11 is 1.90. The van der Waals surface area contributed by atoms with Gasteiger partial charge in [0.15, 0.2) is 0 Å². The summed E-state index contributed by atoms with van der Waals surface area (Å²) in [5, 5.41) is 7.82. The normalized spacial score (nSPS) is 12.0. The Labute approximate surface area is 256 Å². The number of benzene rings is 7. The highest BCUT2D eigenvalue weighted by Crippen LogP contribution is 2.45. The van der Waals surface area contributed by atoms with E-state index in [1.54, 1.807) is 0 Å². The second kappa shape index (κ2) is 10.1. The van der Waals surface area contributed by atoms with Crippen molar-refractivity contribution in [2.24, 2.45) is 0 Å². The molecule has 0 N–H and O–H groups in total. The number of para-hydroxylation sites is 1. The molecule has 8 rings (SSSR count). The van der Waals surface area contributed by atoms with Gasteiger partial charge in [0.05, 0.1) is 5.69 Å². The third-order valence-corrected chi connectivity index (χ3v) is 10.1. The van der Waals surface area contributed by atoms with E-state index in [9.17, 15) is 0 Å². The summed E-state index contributed by atoms with van der Waals surface area (Å²) < 4.78 is 2.70. The van der Waals surface area contributed by atoms with Gasteiger partial charge in [0.2, 0.25) is 0 Å². The number of fused-ring (bicyclic) bond motifs is 7. The van der Waals surface area contributed by atoms with Crippen LogP contribution in [0.25, 0.3) is 41.7 Å². The lowest BCUT2D eigenvalue weighted by Crippen LogP contribution is -2.19. The first-order valence-electron chi connectivity index (χ1n) is 14.9. The molecule has 0 aliphatic rings. The van der Waals surface area contributed by atoms with Crippen molar-refractivity contribution in [3.05, 3.63) is 163 Å². The molecule has 206 valence electrons. The molecule has 43 heavy (non-hydrogen) atoms.